The van der Waals surface area contributed by atoms with Gasteiger partial charge in [0.1, 0.15) is 12.2 Å². The van der Waals surface area contributed by atoms with Crippen molar-refractivity contribution in [3.63, 3.8) is 0 Å². The van der Waals surface area contributed by atoms with Crippen LogP contribution in [0.3, 0.4) is 0 Å². The predicted octanol–water partition coefficient (Wildman–Crippen LogP) is 8.95. The number of carbonyl (C=O) groups excluding carboxylic acids is 3. The van der Waals surface area contributed by atoms with Crippen LogP contribution in [-0.4, -0.2) is 62.2 Å². The minimum absolute atomic E-state index is 0.0122. The summed E-state index contributed by atoms with van der Waals surface area (Å²) in [6.07, 6.45) is 7.48. The minimum Gasteiger partial charge on any atom is -0.481 e. The number of halogens is 1. The number of rotatable bonds is 13. The second-order valence-corrected chi connectivity index (χ2v) is 14.9. The summed E-state index contributed by atoms with van der Waals surface area (Å²) >= 11 is 7.14. The third kappa shape index (κ3) is 11.0. The molecule has 0 saturated carbocycles. The van der Waals surface area contributed by atoms with Gasteiger partial charge in [0.05, 0.1) is 23.4 Å². The molecular weight excluding hydrogens is 726 g/mol. The van der Waals surface area contributed by atoms with Crippen molar-refractivity contribution < 1.29 is 23.9 Å². The van der Waals surface area contributed by atoms with Gasteiger partial charge in [-0.3, -0.25) is 14.4 Å². The lowest BCUT2D eigenvalue weighted by molar-refractivity contribution is -0.146. The number of hydrogen-bond donors (Lipinski definition) is 4. The third-order valence-corrected chi connectivity index (χ3v) is 11.3. The number of carbonyl (C=O) groups is 3. The van der Waals surface area contributed by atoms with Gasteiger partial charge < -0.3 is 31.2 Å². The Morgan fingerprint density at radius 1 is 1.09 bits per heavy atom. The van der Waals surface area contributed by atoms with E-state index in [1.54, 1.807) is 7.11 Å². The smallest absolute Gasteiger partial charge is 0.260 e. The summed E-state index contributed by atoms with van der Waals surface area (Å²) < 4.78 is 11.4. The van der Waals surface area contributed by atoms with Crippen LogP contribution >= 0.6 is 11.6 Å². The van der Waals surface area contributed by atoms with Gasteiger partial charge in [0.15, 0.2) is 0 Å². The van der Waals surface area contributed by atoms with Crippen molar-refractivity contribution >= 4 is 35.0 Å². The standard InChI is InChI=1S/C32H37ClN4O3.C11H21NO2.C2H6/c1-6-18(2)28-21(9-8-12-25(28)36-31(39)24(15-16-34)30(38)35-4)22-10-7-11-23(29(22)33)26-17-20-14-13-19(3)27(20)32(37-26)40-5;1-4-9(3)6-11(5-2)8-12-10(13)7-14-11;1-2/h7-12,15,17-19H,6,13-14,16,34H2,1-5H3,(H,35,38)(H,36,39);9H,4-8H2,1-3H3,(H,12,13);1-2H3/b24-15+;;. The molecular formula is C45H64ClN5O5. The zero-order valence-electron chi connectivity index (χ0n) is 35.2. The van der Waals surface area contributed by atoms with Gasteiger partial charge in [0, 0.05) is 42.5 Å². The number of benzene rings is 2. The molecule has 306 valence electrons. The molecule has 3 aromatic rings. The van der Waals surface area contributed by atoms with E-state index in [0.717, 1.165) is 60.1 Å². The highest BCUT2D eigenvalue weighted by molar-refractivity contribution is 6.36. The van der Waals surface area contributed by atoms with Crippen molar-refractivity contribution in [2.75, 3.05) is 39.2 Å². The van der Waals surface area contributed by atoms with Crippen LogP contribution in [0.4, 0.5) is 5.69 Å². The third-order valence-electron chi connectivity index (χ3n) is 10.9. The van der Waals surface area contributed by atoms with Gasteiger partial charge in [-0.2, -0.15) is 0 Å². The second-order valence-electron chi connectivity index (χ2n) is 14.5. The molecule has 4 unspecified atom stereocenters. The fourth-order valence-electron chi connectivity index (χ4n) is 7.30. The predicted molar refractivity (Wildman–Crippen MR) is 229 cm³/mol. The van der Waals surface area contributed by atoms with E-state index in [1.807, 2.05) is 50.2 Å². The average molecular weight is 790 g/mol. The normalized spacial score (nSPS) is 18.5. The molecule has 11 heteroatoms. The van der Waals surface area contributed by atoms with Crippen LogP contribution in [0.2, 0.25) is 5.02 Å². The van der Waals surface area contributed by atoms with E-state index in [4.69, 9.17) is 31.8 Å². The van der Waals surface area contributed by atoms with E-state index in [1.165, 1.54) is 30.7 Å². The summed E-state index contributed by atoms with van der Waals surface area (Å²) in [5, 5.41) is 8.92. The fraction of sp³-hybridized carbons (Fsp3) is 0.511. The van der Waals surface area contributed by atoms with Gasteiger partial charge in [-0.1, -0.05) is 110 Å². The lowest BCUT2D eigenvalue weighted by Gasteiger charge is -2.38. The minimum atomic E-state index is -0.519. The van der Waals surface area contributed by atoms with Gasteiger partial charge in [-0.15, -0.1) is 0 Å². The Hall–Kier alpha value is -4.25. The number of fused-ring (bicyclic) bond motifs is 1. The van der Waals surface area contributed by atoms with Crippen molar-refractivity contribution in [1.82, 2.24) is 15.6 Å². The summed E-state index contributed by atoms with van der Waals surface area (Å²) in [4.78, 5) is 41.3. The molecule has 5 rings (SSSR count). The van der Waals surface area contributed by atoms with Crippen LogP contribution in [0.15, 0.2) is 54.1 Å². The molecule has 0 bridgehead atoms. The Labute approximate surface area is 339 Å². The van der Waals surface area contributed by atoms with Gasteiger partial charge in [0.25, 0.3) is 11.8 Å². The molecule has 1 saturated heterocycles. The summed E-state index contributed by atoms with van der Waals surface area (Å²) in [6.45, 7) is 17.9. The number of anilines is 1. The number of morpholine rings is 1. The molecule has 56 heavy (non-hydrogen) atoms. The Kier molecular flexibility index (Phi) is 18.0. The van der Waals surface area contributed by atoms with Crippen LogP contribution in [0.1, 0.15) is 116 Å². The number of nitrogens with one attached hydrogen (secondary N) is 3. The van der Waals surface area contributed by atoms with Crippen molar-refractivity contribution in [1.29, 1.82) is 0 Å². The van der Waals surface area contributed by atoms with Crippen LogP contribution < -0.4 is 26.4 Å². The van der Waals surface area contributed by atoms with Crippen LogP contribution in [0.5, 0.6) is 5.88 Å². The number of methoxy groups -OCH3 is 1. The number of nitrogens with zero attached hydrogens (tertiary/aromatic N) is 1. The van der Waals surface area contributed by atoms with Gasteiger partial charge in [0.2, 0.25) is 11.8 Å². The number of aryl methyl sites for hydroxylation is 1. The molecule has 1 aromatic heterocycles. The van der Waals surface area contributed by atoms with E-state index in [9.17, 15) is 14.4 Å². The SMILES string of the molecule is CC.CCC(C)CC1(CC)CNC(=O)CO1.CCC(C)c1c(NC(=O)/C(=C/CN)C(=O)NC)cccc1-c1cccc(-c2cc3c(c(OC)n2)C(C)CC3)c1Cl. The van der Waals surface area contributed by atoms with E-state index in [-0.39, 0.29) is 36.2 Å². The average Bonchev–Trinajstić information content (AvgIpc) is 3.60. The van der Waals surface area contributed by atoms with Crippen LogP contribution in [-0.2, 0) is 25.5 Å². The summed E-state index contributed by atoms with van der Waals surface area (Å²) in [5.74, 6) is 0.812. The van der Waals surface area contributed by atoms with Crippen molar-refractivity contribution in [2.45, 2.75) is 111 Å². The largest absolute Gasteiger partial charge is 0.481 e. The number of aromatic nitrogens is 1. The first-order valence-electron chi connectivity index (χ1n) is 20.2. The topological polar surface area (TPSA) is 145 Å². The number of likely N-dealkylation sites (N-methyl/N-ethyl adjacent to an activating group) is 1. The maximum atomic E-state index is 13.2. The van der Waals surface area contributed by atoms with E-state index in [2.05, 4.69) is 63.6 Å². The Balaban J connectivity index is 0.000000441. The Bertz CT molecular complexity index is 1830. The molecule has 0 radical (unpaired) electrons. The van der Waals surface area contributed by atoms with Gasteiger partial charge >= 0.3 is 0 Å². The second kappa shape index (κ2) is 21.9. The molecule has 10 nitrogen and oxygen atoms in total. The van der Waals surface area contributed by atoms with Crippen molar-refractivity contribution in [3.05, 3.63) is 75.8 Å². The zero-order chi connectivity index (χ0) is 41.6. The number of amides is 3. The quantitative estimate of drug-likeness (QED) is 0.0769. The first-order valence-corrected chi connectivity index (χ1v) is 20.6. The fourth-order valence-corrected chi connectivity index (χ4v) is 7.63. The van der Waals surface area contributed by atoms with Gasteiger partial charge in [-0.05, 0) is 78.7 Å². The van der Waals surface area contributed by atoms with Gasteiger partial charge in [-0.25, -0.2) is 4.98 Å². The molecule has 2 heterocycles. The van der Waals surface area contributed by atoms with E-state index >= 15 is 0 Å². The summed E-state index contributed by atoms with van der Waals surface area (Å²) in [6, 6.07) is 13.8. The summed E-state index contributed by atoms with van der Waals surface area (Å²) in [5.41, 5.74) is 12.8. The zero-order valence-corrected chi connectivity index (χ0v) is 35.9. The molecule has 5 N–H and O–H groups in total. The number of nitrogens with two attached hydrogens (primary N) is 1. The number of hydrogen-bond acceptors (Lipinski definition) is 7. The highest BCUT2D eigenvalue weighted by atomic mass is 35.5. The van der Waals surface area contributed by atoms with E-state index < -0.39 is 11.8 Å². The first kappa shape index (κ1) is 46.1. The lowest BCUT2D eigenvalue weighted by atomic mass is 9.87. The monoisotopic (exact) mass is 789 g/mol. The highest BCUT2D eigenvalue weighted by Gasteiger charge is 2.35. The van der Waals surface area contributed by atoms with Crippen molar-refractivity contribution in [3.8, 4) is 28.3 Å². The Morgan fingerprint density at radius 2 is 1.77 bits per heavy atom. The maximum absolute atomic E-state index is 13.2. The summed E-state index contributed by atoms with van der Waals surface area (Å²) in [7, 11) is 3.14. The van der Waals surface area contributed by atoms with Crippen molar-refractivity contribution in [2.24, 2.45) is 11.7 Å². The van der Waals surface area contributed by atoms with Crippen LogP contribution in [0, 0.1) is 5.92 Å². The maximum Gasteiger partial charge on any atom is 0.260 e. The molecule has 1 fully saturated rings. The van der Waals surface area contributed by atoms with E-state index in [0.29, 0.717) is 35.0 Å². The molecule has 2 aromatic carbocycles. The molecule has 0 spiro atoms. The molecule has 2 aliphatic rings. The Morgan fingerprint density at radius 3 is 2.36 bits per heavy atom. The lowest BCUT2D eigenvalue weighted by Crippen LogP contribution is -2.52. The number of ether oxygens (including phenoxy) is 2. The highest BCUT2D eigenvalue weighted by Crippen LogP contribution is 2.45. The molecule has 1 aliphatic heterocycles. The molecule has 3 amide bonds. The molecule has 1 aliphatic carbocycles. The molecule has 4 atom stereocenters. The van der Waals surface area contributed by atoms with Crippen LogP contribution in [0.25, 0.3) is 22.4 Å². The first-order chi connectivity index (χ1) is 26.9. The number of pyridine rings is 1.